The van der Waals surface area contributed by atoms with Crippen LogP contribution in [0.4, 0.5) is 0 Å². The lowest BCUT2D eigenvalue weighted by Crippen LogP contribution is -2.38. The number of phenolic OH excluding ortho intramolecular Hbond substituents is 1. The number of likely N-dealkylation sites (tertiary alicyclic amines) is 1. The average Bonchev–Trinajstić information content (AvgIpc) is 3.19. The molecule has 2 aliphatic heterocycles. The zero-order valence-corrected chi connectivity index (χ0v) is 16.8. The average molecular weight is 394 g/mol. The number of piperidine rings is 1. The van der Waals surface area contributed by atoms with E-state index in [1.54, 1.807) is 12.1 Å². The second-order valence-electron chi connectivity index (χ2n) is 7.81. The van der Waals surface area contributed by atoms with Crippen molar-refractivity contribution in [3.8, 4) is 5.75 Å². The summed E-state index contributed by atoms with van der Waals surface area (Å²) in [4.78, 5) is 7.22. The third-order valence-corrected chi connectivity index (χ3v) is 6.82. The Morgan fingerprint density at radius 1 is 1.15 bits per heavy atom. The Morgan fingerprint density at radius 2 is 1.88 bits per heavy atom. The van der Waals surface area contributed by atoms with E-state index in [1.165, 1.54) is 18.5 Å². The number of phenols is 1. The molecule has 0 aliphatic carbocycles. The van der Waals surface area contributed by atoms with Gasteiger partial charge in [-0.2, -0.15) is 0 Å². The first-order valence-corrected chi connectivity index (χ1v) is 10.2. The molecule has 0 unspecified atom stereocenters. The third kappa shape index (κ3) is 3.12. The van der Waals surface area contributed by atoms with Crippen LogP contribution >= 0.6 is 23.2 Å². The molecule has 1 aromatic carbocycles. The highest BCUT2D eigenvalue weighted by Crippen LogP contribution is 2.43. The van der Waals surface area contributed by atoms with Crippen molar-refractivity contribution in [2.24, 2.45) is 0 Å². The van der Waals surface area contributed by atoms with Crippen LogP contribution in [0.5, 0.6) is 5.75 Å². The van der Waals surface area contributed by atoms with Gasteiger partial charge in [0.1, 0.15) is 11.6 Å². The first-order chi connectivity index (χ1) is 12.5. The number of aromatic nitrogens is 2. The smallest absolute Gasteiger partial charge is 0.120 e. The summed E-state index contributed by atoms with van der Waals surface area (Å²) < 4.78 is 2.34. The van der Waals surface area contributed by atoms with Gasteiger partial charge in [0.25, 0.3) is 0 Å². The molecule has 1 saturated heterocycles. The first-order valence-electron chi connectivity index (χ1n) is 9.41. The first kappa shape index (κ1) is 18.1. The minimum absolute atomic E-state index is 0.124. The summed E-state index contributed by atoms with van der Waals surface area (Å²) in [7, 11) is 0. The lowest BCUT2D eigenvalue weighted by molar-refractivity contribution is 0.169. The topological polar surface area (TPSA) is 41.3 Å². The Kier molecular flexibility index (Phi) is 4.93. The molecule has 1 fully saturated rings. The van der Waals surface area contributed by atoms with Gasteiger partial charge in [0.2, 0.25) is 0 Å². The Balaban J connectivity index is 1.54. The van der Waals surface area contributed by atoms with Crippen LogP contribution in [0.15, 0.2) is 18.3 Å². The van der Waals surface area contributed by atoms with Crippen molar-refractivity contribution < 1.29 is 5.11 Å². The lowest BCUT2D eigenvalue weighted by Gasteiger charge is -2.34. The molecule has 0 radical (unpaired) electrons. The molecule has 26 heavy (non-hydrogen) atoms. The molecule has 0 bridgehead atoms. The Bertz CT molecular complexity index is 810. The third-order valence-electron chi connectivity index (χ3n) is 6.00. The largest absolute Gasteiger partial charge is 0.508 e. The van der Waals surface area contributed by atoms with E-state index in [-0.39, 0.29) is 11.7 Å². The molecule has 6 heteroatoms. The second-order valence-corrected chi connectivity index (χ2v) is 8.59. The number of halogens is 2. The Morgan fingerprint density at radius 3 is 2.58 bits per heavy atom. The summed E-state index contributed by atoms with van der Waals surface area (Å²) in [6, 6.07) is 3.89. The fourth-order valence-corrected chi connectivity index (χ4v) is 4.96. The predicted octanol–water partition coefficient (Wildman–Crippen LogP) is 4.82. The van der Waals surface area contributed by atoms with Gasteiger partial charge in [-0.15, -0.1) is 0 Å². The van der Waals surface area contributed by atoms with E-state index < -0.39 is 0 Å². The summed E-state index contributed by atoms with van der Waals surface area (Å²) in [5, 5.41) is 11.3. The van der Waals surface area contributed by atoms with Crippen LogP contribution in [0, 0.1) is 0 Å². The van der Waals surface area contributed by atoms with Crippen LogP contribution in [0.2, 0.25) is 10.0 Å². The van der Waals surface area contributed by atoms with E-state index in [1.807, 2.05) is 0 Å². The van der Waals surface area contributed by atoms with Crippen LogP contribution in [0.1, 0.15) is 55.6 Å². The summed E-state index contributed by atoms with van der Waals surface area (Å²) >= 11 is 12.6. The van der Waals surface area contributed by atoms with Crippen LogP contribution in [-0.2, 0) is 13.0 Å². The molecule has 3 heterocycles. The molecule has 1 N–H and O–H groups in total. The molecular weight excluding hydrogens is 369 g/mol. The van der Waals surface area contributed by atoms with Crippen LogP contribution < -0.4 is 0 Å². The van der Waals surface area contributed by atoms with Gasteiger partial charge in [-0.3, -0.25) is 0 Å². The Hall–Kier alpha value is -1.23. The molecule has 0 saturated carbocycles. The van der Waals surface area contributed by atoms with Gasteiger partial charge in [0.15, 0.2) is 0 Å². The normalized spacial score (nSPS) is 21.5. The van der Waals surface area contributed by atoms with Crippen LogP contribution in [0.25, 0.3) is 0 Å². The number of fused-ring (bicyclic) bond motifs is 1. The summed E-state index contributed by atoms with van der Waals surface area (Å²) in [6.07, 6.45) is 5.20. The standard InChI is InChI=1S/C20H25Cl2N3O/c1-12(2)24-7-5-13(6-8-24)16-10-23-18-9-14(11-25(16)18)19-17(26)4-3-15(21)20(19)22/h3-4,10,12-14,26H,5-9,11H2,1-2H3/t14-/m0/s1. The molecule has 0 spiro atoms. The van der Waals surface area contributed by atoms with E-state index in [0.717, 1.165) is 37.4 Å². The molecule has 0 amide bonds. The lowest BCUT2D eigenvalue weighted by atomic mass is 9.92. The molecule has 1 aromatic heterocycles. The maximum atomic E-state index is 10.3. The number of imidazole rings is 1. The van der Waals surface area contributed by atoms with Crippen molar-refractivity contribution in [3.63, 3.8) is 0 Å². The van der Waals surface area contributed by atoms with Crippen molar-refractivity contribution in [1.29, 1.82) is 0 Å². The van der Waals surface area contributed by atoms with Crippen LogP contribution in [-0.4, -0.2) is 38.7 Å². The molecule has 4 rings (SSSR count). The van der Waals surface area contributed by atoms with Crippen molar-refractivity contribution in [3.05, 3.63) is 45.5 Å². The van der Waals surface area contributed by atoms with Crippen molar-refractivity contribution in [2.75, 3.05) is 13.1 Å². The highest BCUT2D eigenvalue weighted by Gasteiger charge is 2.33. The zero-order valence-electron chi connectivity index (χ0n) is 15.3. The van der Waals surface area contributed by atoms with Crippen molar-refractivity contribution in [1.82, 2.24) is 14.5 Å². The summed E-state index contributed by atoms with van der Waals surface area (Å²) in [6.45, 7) is 7.63. The molecule has 2 aromatic rings. The Labute approximate surface area is 164 Å². The number of aromatic hydroxyl groups is 1. The van der Waals surface area contributed by atoms with E-state index in [4.69, 9.17) is 23.2 Å². The van der Waals surface area contributed by atoms with Gasteiger partial charge in [0.05, 0.1) is 10.0 Å². The van der Waals surface area contributed by atoms with E-state index in [0.29, 0.717) is 22.0 Å². The summed E-state index contributed by atoms with van der Waals surface area (Å²) in [5.74, 6) is 2.00. The van der Waals surface area contributed by atoms with E-state index in [9.17, 15) is 5.11 Å². The molecular formula is C20H25Cl2N3O. The van der Waals surface area contributed by atoms with Gasteiger partial charge in [-0.1, -0.05) is 23.2 Å². The molecule has 2 aliphatic rings. The fourth-order valence-electron chi connectivity index (χ4n) is 4.48. The quantitative estimate of drug-likeness (QED) is 0.811. The van der Waals surface area contributed by atoms with Crippen molar-refractivity contribution in [2.45, 2.75) is 57.5 Å². The number of rotatable bonds is 3. The van der Waals surface area contributed by atoms with Gasteiger partial charge in [-0.05, 0) is 51.9 Å². The monoisotopic (exact) mass is 393 g/mol. The fraction of sp³-hybridized carbons (Fsp3) is 0.550. The molecule has 4 nitrogen and oxygen atoms in total. The highest BCUT2D eigenvalue weighted by atomic mass is 35.5. The number of hydrogen-bond acceptors (Lipinski definition) is 3. The van der Waals surface area contributed by atoms with Gasteiger partial charge < -0.3 is 14.6 Å². The van der Waals surface area contributed by atoms with Gasteiger partial charge in [-0.25, -0.2) is 4.98 Å². The maximum absolute atomic E-state index is 10.3. The number of hydrogen-bond donors (Lipinski definition) is 1. The highest BCUT2D eigenvalue weighted by molar-refractivity contribution is 6.42. The van der Waals surface area contributed by atoms with Gasteiger partial charge in [0, 0.05) is 48.3 Å². The van der Waals surface area contributed by atoms with E-state index >= 15 is 0 Å². The SMILES string of the molecule is CC(C)N1CCC(c2cnc3n2C[C@@H](c2c(O)ccc(Cl)c2Cl)C3)CC1. The van der Waals surface area contributed by atoms with Crippen molar-refractivity contribution >= 4 is 23.2 Å². The zero-order chi connectivity index (χ0) is 18.4. The second kappa shape index (κ2) is 7.06. The van der Waals surface area contributed by atoms with Gasteiger partial charge >= 0.3 is 0 Å². The predicted molar refractivity (Wildman–Crippen MR) is 105 cm³/mol. The summed E-state index contributed by atoms with van der Waals surface area (Å²) in [5.41, 5.74) is 2.09. The number of benzene rings is 1. The minimum Gasteiger partial charge on any atom is -0.508 e. The minimum atomic E-state index is 0.124. The van der Waals surface area contributed by atoms with Crippen LogP contribution in [0.3, 0.4) is 0 Å². The maximum Gasteiger partial charge on any atom is 0.120 e. The molecule has 1 atom stereocenters. The number of nitrogens with zero attached hydrogens (tertiary/aromatic N) is 3. The van der Waals surface area contributed by atoms with E-state index in [2.05, 4.69) is 34.5 Å². The molecule has 140 valence electrons.